The van der Waals surface area contributed by atoms with Crippen molar-refractivity contribution in [3.05, 3.63) is 60.0 Å². The Labute approximate surface area is 179 Å². The third-order valence-electron chi connectivity index (χ3n) is 4.32. The molecule has 3 aromatic rings. The molecule has 1 amide bonds. The molecule has 0 saturated heterocycles. The van der Waals surface area contributed by atoms with Gasteiger partial charge in [0.2, 0.25) is 5.75 Å². The number of benzene rings is 2. The minimum absolute atomic E-state index is 0.135. The normalized spacial score (nSPS) is 10.6. The molecule has 0 aliphatic carbocycles. The lowest BCUT2D eigenvalue weighted by atomic mass is 10.1. The van der Waals surface area contributed by atoms with Gasteiger partial charge in [-0.15, -0.1) is 0 Å². The Morgan fingerprint density at radius 3 is 2.19 bits per heavy atom. The van der Waals surface area contributed by atoms with Gasteiger partial charge in [-0.2, -0.15) is 5.10 Å². The van der Waals surface area contributed by atoms with Gasteiger partial charge in [0.05, 0.1) is 52.7 Å². The summed E-state index contributed by atoms with van der Waals surface area (Å²) in [6.07, 6.45) is 4.41. The molecular formula is C22H22N4O5. The van der Waals surface area contributed by atoms with E-state index in [9.17, 15) is 4.79 Å². The first-order valence-electron chi connectivity index (χ1n) is 9.19. The zero-order valence-electron chi connectivity index (χ0n) is 17.6. The van der Waals surface area contributed by atoms with E-state index in [1.165, 1.54) is 33.7 Å². The van der Waals surface area contributed by atoms with E-state index in [0.717, 1.165) is 11.3 Å². The van der Waals surface area contributed by atoms with Crippen LogP contribution in [0.2, 0.25) is 0 Å². The van der Waals surface area contributed by atoms with E-state index < -0.39 is 5.91 Å². The molecule has 0 spiro atoms. The molecule has 3 rings (SSSR count). The summed E-state index contributed by atoms with van der Waals surface area (Å²) in [5.41, 5.74) is 4.59. The van der Waals surface area contributed by atoms with Gasteiger partial charge in [-0.05, 0) is 36.4 Å². The molecule has 0 radical (unpaired) electrons. The quantitative estimate of drug-likeness (QED) is 0.440. The standard InChI is InChI=1S/C22H22N4O5/c1-28-16-7-5-15(6-8-16)17-12-23-13-18(25-17)22(27)26-24-11-14-9-19(29-2)21(31-4)20(10-14)30-3/h5-13H,1-4H3,(H,26,27)/b24-11+. The molecule has 0 unspecified atom stereocenters. The van der Waals surface area contributed by atoms with Crippen LogP contribution in [0, 0.1) is 0 Å². The van der Waals surface area contributed by atoms with E-state index in [4.69, 9.17) is 18.9 Å². The van der Waals surface area contributed by atoms with Crippen molar-refractivity contribution in [1.29, 1.82) is 0 Å². The maximum Gasteiger partial charge on any atom is 0.291 e. The fourth-order valence-electron chi connectivity index (χ4n) is 2.77. The minimum atomic E-state index is -0.494. The molecule has 2 aromatic carbocycles. The zero-order valence-corrected chi connectivity index (χ0v) is 17.6. The lowest BCUT2D eigenvalue weighted by Crippen LogP contribution is -2.19. The summed E-state index contributed by atoms with van der Waals surface area (Å²) in [7, 11) is 6.16. The fourth-order valence-corrected chi connectivity index (χ4v) is 2.77. The lowest BCUT2D eigenvalue weighted by molar-refractivity contribution is 0.0950. The molecular weight excluding hydrogens is 400 g/mol. The Balaban J connectivity index is 1.74. The SMILES string of the molecule is COc1ccc(-c2cncc(C(=O)N/N=C/c3cc(OC)c(OC)c(OC)c3)n2)cc1. The number of hydrogen-bond donors (Lipinski definition) is 1. The molecule has 31 heavy (non-hydrogen) atoms. The fraction of sp³-hybridized carbons (Fsp3) is 0.182. The molecule has 1 aromatic heterocycles. The smallest absolute Gasteiger partial charge is 0.291 e. The number of aromatic nitrogens is 2. The largest absolute Gasteiger partial charge is 0.497 e. The number of ether oxygens (including phenoxy) is 4. The van der Waals surface area contributed by atoms with Crippen molar-refractivity contribution < 1.29 is 23.7 Å². The number of hydrazone groups is 1. The highest BCUT2D eigenvalue weighted by Gasteiger charge is 2.13. The van der Waals surface area contributed by atoms with E-state index in [1.807, 2.05) is 24.3 Å². The summed E-state index contributed by atoms with van der Waals surface area (Å²) in [5, 5.41) is 3.99. The number of methoxy groups -OCH3 is 4. The van der Waals surface area contributed by atoms with Gasteiger partial charge in [0.1, 0.15) is 11.4 Å². The van der Waals surface area contributed by atoms with Gasteiger partial charge >= 0.3 is 0 Å². The van der Waals surface area contributed by atoms with Crippen LogP contribution < -0.4 is 24.4 Å². The summed E-state index contributed by atoms with van der Waals surface area (Å²) in [6, 6.07) is 10.7. The Kier molecular flexibility index (Phi) is 7.00. The summed E-state index contributed by atoms with van der Waals surface area (Å²) in [6.45, 7) is 0. The summed E-state index contributed by atoms with van der Waals surface area (Å²) in [4.78, 5) is 20.9. The first-order valence-corrected chi connectivity index (χ1v) is 9.19. The Morgan fingerprint density at radius 1 is 0.935 bits per heavy atom. The monoisotopic (exact) mass is 422 g/mol. The number of rotatable bonds is 8. The van der Waals surface area contributed by atoms with Crippen LogP contribution >= 0.6 is 0 Å². The predicted molar refractivity (Wildman–Crippen MR) is 115 cm³/mol. The molecule has 9 heteroatoms. The summed E-state index contributed by atoms with van der Waals surface area (Å²) in [5.74, 6) is 1.66. The average Bonchev–Trinajstić information content (AvgIpc) is 2.83. The van der Waals surface area contributed by atoms with E-state index in [-0.39, 0.29) is 5.69 Å². The molecule has 1 heterocycles. The van der Waals surface area contributed by atoms with E-state index in [2.05, 4.69) is 20.5 Å². The molecule has 1 N–H and O–H groups in total. The Hall–Kier alpha value is -4.14. The third kappa shape index (κ3) is 5.08. The predicted octanol–water partition coefficient (Wildman–Crippen LogP) is 2.94. The van der Waals surface area contributed by atoms with Crippen molar-refractivity contribution in [3.8, 4) is 34.3 Å². The van der Waals surface area contributed by atoms with Crippen LogP contribution in [-0.2, 0) is 0 Å². The molecule has 0 atom stereocenters. The maximum atomic E-state index is 12.4. The molecule has 9 nitrogen and oxygen atoms in total. The number of carbonyl (C=O) groups is 1. The number of nitrogens with zero attached hydrogens (tertiary/aromatic N) is 3. The van der Waals surface area contributed by atoms with Crippen molar-refractivity contribution in [2.24, 2.45) is 5.10 Å². The molecule has 160 valence electrons. The number of carbonyl (C=O) groups excluding carboxylic acids is 1. The number of amides is 1. The van der Waals surface area contributed by atoms with Crippen molar-refractivity contribution >= 4 is 12.1 Å². The van der Waals surface area contributed by atoms with Gasteiger partial charge in [0.25, 0.3) is 5.91 Å². The van der Waals surface area contributed by atoms with Crippen LogP contribution in [-0.4, -0.2) is 50.5 Å². The highest BCUT2D eigenvalue weighted by molar-refractivity contribution is 5.93. The van der Waals surface area contributed by atoms with Gasteiger partial charge in [-0.3, -0.25) is 9.78 Å². The van der Waals surface area contributed by atoms with Crippen molar-refractivity contribution in [2.45, 2.75) is 0 Å². The van der Waals surface area contributed by atoms with Crippen molar-refractivity contribution in [1.82, 2.24) is 15.4 Å². The average molecular weight is 422 g/mol. The van der Waals surface area contributed by atoms with Crippen molar-refractivity contribution in [3.63, 3.8) is 0 Å². The van der Waals surface area contributed by atoms with Gasteiger partial charge in [-0.25, -0.2) is 10.4 Å². The topological polar surface area (TPSA) is 104 Å². The highest BCUT2D eigenvalue weighted by atomic mass is 16.5. The maximum absolute atomic E-state index is 12.4. The first-order chi connectivity index (χ1) is 15.1. The van der Waals surface area contributed by atoms with Crippen LogP contribution in [0.5, 0.6) is 23.0 Å². The minimum Gasteiger partial charge on any atom is -0.497 e. The van der Waals surface area contributed by atoms with Gasteiger partial charge in [0.15, 0.2) is 11.5 Å². The number of nitrogens with one attached hydrogen (secondary N) is 1. The molecule has 0 aliphatic heterocycles. The summed E-state index contributed by atoms with van der Waals surface area (Å²) >= 11 is 0. The summed E-state index contributed by atoms with van der Waals surface area (Å²) < 4.78 is 21.1. The van der Waals surface area contributed by atoms with E-state index in [1.54, 1.807) is 25.4 Å². The number of hydrogen-bond acceptors (Lipinski definition) is 8. The third-order valence-corrected chi connectivity index (χ3v) is 4.32. The molecule has 0 saturated carbocycles. The Morgan fingerprint density at radius 2 is 1.61 bits per heavy atom. The molecule has 0 aliphatic rings. The van der Waals surface area contributed by atoms with E-state index >= 15 is 0 Å². The van der Waals surface area contributed by atoms with Crippen LogP contribution in [0.3, 0.4) is 0 Å². The van der Waals surface area contributed by atoms with Gasteiger partial charge in [-0.1, -0.05) is 0 Å². The van der Waals surface area contributed by atoms with Crippen LogP contribution in [0.25, 0.3) is 11.3 Å². The second-order valence-electron chi connectivity index (χ2n) is 6.18. The van der Waals surface area contributed by atoms with Gasteiger partial charge < -0.3 is 18.9 Å². The first kappa shape index (κ1) is 21.6. The van der Waals surface area contributed by atoms with Crippen LogP contribution in [0.1, 0.15) is 16.1 Å². The van der Waals surface area contributed by atoms with Crippen molar-refractivity contribution in [2.75, 3.05) is 28.4 Å². The Bertz CT molecular complexity index is 1060. The van der Waals surface area contributed by atoms with E-state index in [0.29, 0.717) is 28.5 Å². The van der Waals surface area contributed by atoms with Crippen LogP contribution in [0.15, 0.2) is 53.9 Å². The van der Waals surface area contributed by atoms with Crippen LogP contribution in [0.4, 0.5) is 0 Å². The zero-order chi connectivity index (χ0) is 22.2. The molecule has 0 fully saturated rings. The second-order valence-corrected chi connectivity index (χ2v) is 6.18. The van der Waals surface area contributed by atoms with Gasteiger partial charge in [0, 0.05) is 11.1 Å². The second kappa shape index (κ2) is 10.1. The molecule has 0 bridgehead atoms. The lowest BCUT2D eigenvalue weighted by Gasteiger charge is -2.12. The highest BCUT2D eigenvalue weighted by Crippen LogP contribution is 2.37.